The van der Waals surface area contributed by atoms with Crippen molar-refractivity contribution in [3.05, 3.63) is 170 Å². The van der Waals surface area contributed by atoms with Crippen LogP contribution in [-0.2, 0) is 0 Å². The van der Waals surface area contributed by atoms with Crippen molar-refractivity contribution in [1.82, 2.24) is 19.1 Å². The van der Waals surface area contributed by atoms with E-state index in [4.69, 9.17) is 9.97 Å². The van der Waals surface area contributed by atoms with Crippen LogP contribution in [0.15, 0.2) is 170 Å². The Hall–Kier alpha value is -6.52. The molecule has 10 aromatic rings. The second kappa shape index (κ2) is 10.5. The summed E-state index contributed by atoms with van der Waals surface area (Å²) in [7, 11) is 0. The molecule has 0 amide bonds. The first-order valence-corrected chi connectivity index (χ1v) is 16.2. The number of aromatic nitrogens is 4. The fraction of sp³-hybridized carbons (Fsp3) is 0. The lowest BCUT2D eigenvalue weighted by Gasteiger charge is -2.12. The molecule has 0 spiro atoms. The highest BCUT2D eigenvalue weighted by Crippen LogP contribution is 2.37. The predicted molar refractivity (Wildman–Crippen MR) is 199 cm³/mol. The Labute approximate surface area is 276 Å². The zero-order valence-electron chi connectivity index (χ0n) is 26.0. The van der Waals surface area contributed by atoms with Crippen LogP contribution < -0.4 is 0 Å². The summed E-state index contributed by atoms with van der Waals surface area (Å²) >= 11 is 0. The minimum absolute atomic E-state index is 0.716. The molecule has 0 bridgehead atoms. The van der Waals surface area contributed by atoms with Crippen LogP contribution in [0.3, 0.4) is 0 Å². The standard InChI is InChI=1S/C44H28N4/c1-2-12-34(13-3-1)47-25-24-32-27-38-36-14-7-9-17-40(36)48(42(38)28-41(32)47)35-22-20-30(21-23-35)44-45-39-16-8-6-15-37(39)43(46-44)33-19-18-29-10-4-5-11-31(29)26-33/h1-28H. The Morgan fingerprint density at radius 1 is 0.396 bits per heavy atom. The largest absolute Gasteiger partial charge is 0.316 e. The zero-order valence-corrected chi connectivity index (χ0v) is 26.0. The van der Waals surface area contributed by atoms with E-state index < -0.39 is 0 Å². The highest BCUT2D eigenvalue weighted by molar-refractivity contribution is 6.13. The van der Waals surface area contributed by atoms with Crippen molar-refractivity contribution in [2.75, 3.05) is 0 Å². The Bertz CT molecular complexity index is 2820. The maximum Gasteiger partial charge on any atom is 0.160 e. The van der Waals surface area contributed by atoms with Gasteiger partial charge in [0.15, 0.2) is 5.82 Å². The lowest BCUT2D eigenvalue weighted by Crippen LogP contribution is -1.97. The average Bonchev–Trinajstić information content (AvgIpc) is 3.72. The van der Waals surface area contributed by atoms with Gasteiger partial charge in [-0.15, -0.1) is 0 Å². The molecule has 7 aromatic carbocycles. The lowest BCUT2D eigenvalue weighted by molar-refractivity contribution is 1.12. The summed E-state index contributed by atoms with van der Waals surface area (Å²) in [6.07, 6.45) is 2.16. The van der Waals surface area contributed by atoms with E-state index in [2.05, 4.69) is 173 Å². The van der Waals surface area contributed by atoms with Gasteiger partial charge in [-0.05, 0) is 83.6 Å². The van der Waals surface area contributed by atoms with Crippen LogP contribution in [0.2, 0.25) is 0 Å². The van der Waals surface area contributed by atoms with Crippen LogP contribution in [0.25, 0.3) is 88.4 Å². The van der Waals surface area contributed by atoms with E-state index in [0.29, 0.717) is 5.82 Å². The van der Waals surface area contributed by atoms with E-state index in [1.54, 1.807) is 0 Å². The van der Waals surface area contributed by atoms with Crippen molar-refractivity contribution in [3.8, 4) is 34.0 Å². The molecule has 10 rings (SSSR count). The monoisotopic (exact) mass is 612 g/mol. The van der Waals surface area contributed by atoms with E-state index in [1.165, 1.54) is 43.5 Å². The number of benzene rings is 7. The predicted octanol–water partition coefficient (Wildman–Crippen LogP) is 11.2. The molecule has 0 atom stereocenters. The van der Waals surface area contributed by atoms with Gasteiger partial charge in [-0.1, -0.05) is 91.0 Å². The molecule has 0 radical (unpaired) electrons. The van der Waals surface area contributed by atoms with Gasteiger partial charge in [-0.3, -0.25) is 0 Å². The molecule has 4 nitrogen and oxygen atoms in total. The smallest absolute Gasteiger partial charge is 0.160 e. The molecule has 0 aliphatic heterocycles. The van der Waals surface area contributed by atoms with Crippen molar-refractivity contribution in [2.24, 2.45) is 0 Å². The molecule has 3 heterocycles. The first-order valence-electron chi connectivity index (χ1n) is 16.2. The number of fused-ring (bicyclic) bond motifs is 6. The second-order valence-corrected chi connectivity index (χ2v) is 12.3. The van der Waals surface area contributed by atoms with Crippen LogP contribution in [0.5, 0.6) is 0 Å². The Morgan fingerprint density at radius 3 is 2.00 bits per heavy atom. The lowest BCUT2D eigenvalue weighted by atomic mass is 10.0. The molecule has 224 valence electrons. The van der Waals surface area contributed by atoms with Crippen molar-refractivity contribution >= 4 is 54.4 Å². The van der Waals surface area contributed by atoms with Gasteiger partial charge in [0.1, 0.15) is 0 Å². The average molecular weight is 613 g/mol. The third-order valence-electron chi connectivity index (χ3n) is 9.53. The van der Waals surface area contributed by atoms with Crippen LogP contribution in [-0.4, -0.2) is 19.1 Å². The van der Waals surface area contributed by atoms with Crippen molar-refractivity contribution < 1.29 is 0 Å². The van der Waals surface area contributed by atoms with Gasteiger partial charge >= 0.3 is 0 Å². The normalized spacial score (nSPS) is 11.8. The minimum Gasteiger partial charge on any atom is -0.316 e. The third-order valence-corrected chi connectivity index (χ3v) is 9.53. The Balaban J connectivity index is 1.13. The van der Waals surface area contributed by atoms with E-state index >= 15 is 0 Å². The molecular weight excluding hydrogens is 585 g/mol. The van der Waals surface area contributed by atoms with E-state index in [0.717, 1.165) is 39.1 Å². The van der Waals surface area contributed by atoms with Crippen molar-refractivity contribution in [1.29, 1.82) is 0 Å². The van der Waals surface area contributed by atoms with E-state index in [9.17, 15) is 0 Å². The fourth-order valence-corrected chi connectivity index (χ4v) is 7.21. The minimum atomic E-state index is 0.716. The molecule has 0 saturated heterocycles. The second-order valence-electron chi connectivity index (χ2n) is 12.3. The van der Waals surface area contributed by atoms with Crippen molar-refractivity contribution in [3.63, 3.8) is 0 Å². The number of hydrogen-bond acceptors (Lipinski definition) is 2. The molecule has 4 heteroatoms. The highest BCUT2D eigenvalue weighted by atomic mass is 15.0. The van der Waals surface area contributed by atoms with Crippen LogP contribution >= 0.6 is 0 Å². The van der Waals surface area contributed by atoms with Gasteiger partial charge in [0.2, 0.25) is 0 Å². The first-order chi connectivity index (χ1) is 23.8. The number of hydrogen-bond donors (Lipinski definition) is 0. The number of para-hydroxylation sites is 3. The molecule has 0 aliphatic rings. The van der Waals surface area contributed by atoms with Gasteiger partial charge in [-0.25, -0.2) is 9.97 Å². The summed E-state index contributed by atoms with van der Waals surface area (Å²) in [6, 6.07) is 58.0. The van der Waals surface area contributed by atoms with Gasteiger partial charge in [0.25, 0.3) is 0 Å². The third kappa shape index (κ3) is 4.16. The van der Waals surface area contributed by atoms with Gasteiger partial charge < -0.3 is 9.13 Å². The quantitative estimate of drug-likeness (QED) is 0.198. The Kier molecular flexibility index (Phi) is 5.84. The van der Waals surface area contributed by atoms with Gasteiger partial charge in [-0.2, -0.15) is 0 Å². The summed E-state index contributed by atoms with van der Waals surface area (Å²) in [6.45, 7) is 0. The molecule has 0 fully saturated rings. The molecule has 3 aromatic heterocycles. The summed E-state index contributed by atoms with van der Waals surface area (Å²) in [5.41, 5.74) is 9.72. The summed E-state index contributed by atoms with van der Waals surface area (Å²) in [4.78, 5) is 10.2. The molecular formula is C44H28N4. The van der Waals surface area contributed by atoms with E-state index in [-0.39, 0.29) is 0 Å². The summed E-state index contributed by atoms with van der Waals surface area (Å²) in [5.74, 6) is 0.716. The Morgan fingerprint density at radius 2 is 1.12 bits per heavy atom. The zero-order chi connectivity index (χ0) is 31.6. The van der Waals surface area contributed by atoms with E-state index in [1.807, 2.05) is 6.07 Å². The van der Waals surface area contributed by atoms with Crippen LogP contribution in [0.4, 0.5) is 0 Å². The molecule has 0 saturated carbocycles. The maximum absolute atomic E-state index is 5.19. The van der Waals surface area contributed by atoms with Crippen molar-refractivity contribution in [2.45, 2.75) is 0 Å². The summed E-state index contributed by atoms with van der Waals surface area (Å²) < 4.78 is 4.64. The number of nitrogens with zero attached hydrogens (tertiary/aromatic N) is 4. The first kappa shape index (κ1) is 26.7. The number of rotatable bonds is 4. The highest BCUT2D eigenvalue weighted by Gasteiger charge is 2.16. The topological polar surface area (TPSA) is 35.6 Å². The SMILES string of the molecule is c1ccc(-n2ccc3cc4c5ccccc5n(-c5ccc(-c6nc(-c7ccc8ccccc8c7)c7ccccc7n6)cc5)c4cc32)cc1. The summed E-state index contributed by atoms with van der Waals surface area (Å²) in [5, 5.41) is 7.16. The molecule has 0 unspecified atom stereocenters. The van der Waals surface area contributed by atoms with Crippen LogP contribution in [0.1, 0.15) is 0 Å². The molecule has 0 N–H and O–H groups in total. The fourth-order valence-electron chi connectivity index (χ4n) is 7.21. The van der Waals surface area contributed by atoms with Gasteiger partial charge in [0.05, 0.1) is 27.8 Å². The molecule has 0 aliphatic carbocycles. The van der Waals surface area contributed by atoms with Crippen LogP contribution in [0, 0.1) is 0 Å². The maximum atomic E-state index is 5.19. The molecule has 48 heavy (non-hydrogen) atoms. The van der Waals surface area contributed by atoms with Gasteiger partial charge in [0, 0.05) is 50.2 Å².